The van der Waals surface area contributed by atoms with E-state index in [-0.39, 0.29) is 47.8 Å². The number of hydrogen-bond donors (Lipinski definition) is 1. The molecule has 170 valence electrons. The van der Waals surface area contributed by atoms with E-state index in [4.69, 9.17) is 0 Å². The molecule has 1 saturated heterocycles. The highest BCUT2D eigenvalue weighted by molar-refractivity contribution is 7.14. The van der Waals surface area contributed by atoms with E-state index in [2.05, 4.69) is 22.5 Å². The molecule has 5 atom stereocenters. The maximum absolute atomic E-state index is 13.5. The van der Waals surface area contributed by atoms with Crippen molar-refractivity contribution in [3.05, 3.63) is 83.8 Å². The van der Waals surface area contributed by atoms with Crippen LogP contribution in [0.5, 0.6) is 0 Å². The molecule has 2 fully saturated rings. The number of allylic oxidation sites excluding steroid dienone is 2. The molecule has 1 aromatic heterocycles. The third-order valence-corrected chi connectivity index (χ3v) is 7.95. The Bertz CT molecular complexity index is 1260. The van der Waals surface area contributed by atoms with Crippen LogP contribution in [0, 0.1) is 23.7 Å². The summed E-state index contributed by atoms with van der Waals surface area (Å²) < 4.78 is 0. The van der Waals surface area contributed by atoms with Crippen molar-refractivity contribution < 1.29 is 14.4 Å². The Labute approximate surface area is 201 Å². The molecule has 2 aromatic carbocycles. The van der Waals surface area contributed by atoms with E-state index in [0.717, 1.165) is 23.2 Å². The molecule has 5 unspecified atom stereocenters. The predicted molar refractivity (Wildman–Crippen MR) is 130 cm³/mol. The highest BCUT2D eigenvalue weighted by Crippen LogP contribution is 2.53. The first-order valence-corrected chi connectivity index (χ1v) is 12.4. The standard InChI is InChI=1S/C27H23N3O3S/c31-24(29-27-28-20(15-34-27)17-9-5-2-6-10-17)21(13-16-7-3-1-4-8-16)30-25(32)22-18-11-12-19(14-18)23(22)26(30)33/h1-12,15,18-19,21-23H,13-14H2,(H,28,29,31). The highest BCUT2D eigenvalue weighted by atomic mass is 32.1. The number of rotatable bonds is 6. The van der Waals surface area contributed by atoms with Crippen molar-refractivity contribution in [3.8, 4) is 11.3 Å². The summed E-state index contributed by atoms with van der Waals surface area (Å²) in [5, 5.41) is 5.21. The van der Waals surface area contributed by atoms with Gasteiger partial charge in [0.2, 0.25) is 17.7 Å². The quantitative estimate of drug-likeness (QED) is 0.434. The number of amides is 3. The molecule has 3 aliphatic rings. The lowest BCUT2D eigenvalue weighted by Gasteiger charge is -2.26. The number of carbonyl (C=O) groups excluding carboxylic acids is 3. The topological polar surface area (TPSA) is 79.4 Å². The number of nitrogens with zero attached hydrogens (tertiary/aromatic N) is 2. The molecule has 3 aromatic rings. The van der Waals surface area contributed by atoms with E-state index in [0.29, 0.717) is 5.13 Å². The van der Waals surface area contributed by atoms with Crippen LogP contribution in [-0.4, -0.2) is 33.6 Å². The minimum Gasteiger partial charge on any atom is -0.300 e. The SMILES string of the molecule is O=C(Nc1nc(-c2ccccc2)cs1)C(Cc1ccccc1)N1C(=O)C2C3C=CC(C3)C2C1=O. The summed E-state index contributed by atoms with van der Waals surface area (Å²) in [6, 6.07) is 18.3. The summed E-state index contributed by atoms with van der Waals surface area (Å²) in [4.78, 5) is 46.2. The summed E-state index contributed by atoms with van der Waals surface area (Å²) in [6.45, 7) is 0. The van der Waals surface area contributed by atoms with Crippen molar-refractivity contribution in [2.45, 2.75) is 18.9 Å². The molecule has 1 aliphatic heterocycles. The Hall–Kier alpha value is -3.58. The summed E-state index contributed by atoms with van der Waals surface area (Å²) in [5.41, 5.74) is 2.62. The van der Waals surface area contributed by atoms with Gasteiger partial charge in [-0.25, -0.2) is 4.98 Å². The van der Waals surface area contributed by atoms with Gasteiger partial charge in [0.05, 0.1) is 17.5 Å². The summed E-state index contributed by atoms with van der Waals surface area (Å²) in [6.07, 6.45) is 5.25. The molecule has 6 rings (SSSR count). The fourth-order valence-electron chi connectivity index (χ4n) is 5.63. The second-order valence-electron chi connectivity index (χ2n) is 9.15. The molecule has 0 spiro atoms. The van der Waals surface area contributed by atoms with Crippen LogP contribution in [0.1, 0.15) is 12.0 Å². The van der Waals surface area contributed by atoms with Gasteiger partial charge in [0.15, 0.2) is 5.13 Å². The van der Waals surface area contributed by atoms with Crippen LogP contribution in [0.3, 0.4) is 0 Å². The molecule has 1 N–H and O–H groups in total. The van der Waals surface area contributed by atoms with Crippen LogP contribution >= 0.6 is 11.3 Å². The van der Waals surface area contributed by atoms with Crippen molar-refractivity contribution in [2.24, 2.45) is 23.7 Å². The lowest BCUT2D eigenvalue weighted by molar-refractivity contribution is -0.147. The van der Waals surface area contributed by atoms with Crippen LogP contribution in [0.2, 0.25) is 0 Å². The summed E-state index contributed by atoms with van der Waals surface area (Å²) in [5.74, 6) is -1.29. The van der Waals surface area contributed by atoms with E-state index in [1.165, 1.54) is 16.2 Å². The van der Waals surface area contributed by atoms with Gasteiger partial charge in [-0.2, -0.15) is 0 Å². The molecule has 2 bridgehead atoms. The zero-order chi connectivity index (χ0) is 23.2. The van der Waals surface area contributed by atoms with Crippen LogP contribution in [0.4, 0.5) is 5.13 Å². The van der Waals surface area contributed by atoms with E-state index in [1.54, 1.807) is 0 Å². The highest BCUT2D eigenvalue weighted by Gasteiger charge is 2.61. The van der Waals surface area contributed by atoms with E-state index in [1.807, 2.05) is 66.0 Å². The molecule has 1 saturated carbocycles. The van der Waals surface area contributed by atoms with E-state index in [9.17, 15) is 14.4 Å². The van der Waals surface area contributed by atoms with Crippen molar-refractivity contribution >= 4 is 34.2 Å². The first-order valence-electron chi connectivity index (χ1n) is 11.5. The predicted octanol–water partition coefficient (Wildman–Crippen LogP) is 4.17. The average molecular weight is 470 g/mol. The molecule has 7 heteroatoms. The molecular weight excluding hydrogens is 446 g/mol. The van der Waals surface area contributed by atoms with Gasteiger partial charge >= 0.3 is 0 Å². The second kappa shape index (κ2) is 8.33. The third kappa shape index (κ3) is 3.47. The molecule has 2 heterocycles. The molecule has 34 heavy (non-hydrogen) atoms. The average Bonchev–Trinajstić information content (AvgIpc) is 3.64. The Morgan fingerprint density at radius 3 is 2.24 bits per heavy atom. The molecule has 2 aliphatic carbocycles. The smallest absolute Gasteiger partial charge is 0.249 e. The number of hydrogen-bond acceptors (Lipinski definition) is 5. The summed E-state index contributed by atoms with van der Waals surface area (Å²) in [7, 11) is 0. The molecule has 0 radical (unpaired) electrons. The van der Waals surface area contributed by atoms with Gasteiger partial charge in [0.1, 0.15) is 6.04 Å². The van der Waals surface area contributed by atoms with Gasteiger partial charge in [0, 0.05) is 17.4 Å². The zero-order valence-corrected chi connectivity index (χ0v) is 19.2. The number of aromatic nitrogens is 1. The number of anilines is 1. The number of carbonyl (C=O) groups is 3. The van der Waals surface area contributed by atoms with Gasteiger partial charge < -0.3 is 5.32 Å². The molecule has 6 nitrogen and oxygen atoms in total. The van der Waals surface area contributed by atoms with Gasteiger partial charge in [0.25, 0.3) is 0 Å². The first-order chi connectivity index (χ1) is 16.6. The van der Waals surface area contributed by atoms with E-state index < -0.39 is 6.04 Å². The molecular formula is C27H23N3O3S. The zero-order valence-electron chi connectivity index (χ0n) is 18.3. The first kappa shape index (κ1) is 21.0. The number of benzene rings is 2. The largest absolute Gasteiger partial charge is 0.300 e. The Morgan fingerprint density at radius 1 is 0.971 bits per heavy atom. The van der Waals surface area contributed by atoms with Crippen LogP contribution in [0.15, 0.2) is 78.2 Å². The molecule has 3 amide bonds. The summed E-state index contributed by atoms with van der Waals surface area (Å²) >= 11 is 1.33. The number of nitrogens with one attached hydrogen (secondary N) is 1. The number of thiazole rings is 1. The number of imide groups is 1. The monoisotopic (exact) mass is 469 g/mol. The lowest BCUT2D eigenvalue weighted by Crippen LogP contribution is -2.49. The van der Waals surface area contributed by atoms with Gasteiger partial charge in [-0.15, -0.1) is 11.3 Å². The van der Waals surface area contributed by atoms with Crippen LogP contribution in [-0.2, 0) is 20.8 Å². The fourth-order valence-corrected chi connectivity index (χ4v) is 6.36. The Balaban J connectivity index is 1.28. The maximum Gasteiger partial charge on any atom is 0.249 e. The normalized spacial score (nSPS) is 25.6. The van der Waals surface area contributed by atoms with Crippen LogP contribution < -0.4 is 5.32 Å². The van der Waals surface area contributed by atoms with Gasteiger partial charge in [-0.1, -0.05) is 72.8 Å². The number of fused-ring (bicyclic) bond motifs is 5. The van der Waals surface area contributed by atoms with Gasteiger partial charge in [-0.3, -0.25) is 19.3 Å². The van der Waals surface area contributed by atoms with Crippen molar-refractivity contribution in [2.75, 3.05) is 5.32 Å². The lowest BCUT2D eigenvalue weighted by atomic mass is 9.85. The van der Waals surface area contributed by atoms with E-state index >= 15 is 0 Å². The van der Waals surface area contributed by atoms with Crippen molar-refractivity contribution in [1.82, 2.24) is 9.88 Å². The number of likely N-dealkylation sites (tertiary alicyclic amines) is 1. The Kier molecular flexibility index (Phi) is 5.14. The minimum atomic E-state index is -0.920. The van der Waals surface area contributed by atoms with Crippen LogP contribution in [0.25, 0.3) is 11.3 Å². The fraction of sp³-hybridized carbons (Fsp3) is 0.259. The minimum absolute atomic E-state index is 0.101. The van der Waals surface area contributed by atoms with Gasteiger partial charge in [-0.05, 0) is 23.8 Å². The second-order valence-corrected chi connectivity index (χ2v) is 10.0. The van der Waals surface area contributed by atoms with Crippen molar-refractivity contribution in [1.29, 1.82) is 0 Å². The van der Waals surface area contributed by atoms with Crippen molar-refractivity contribution in [3.63, 3.8) is 0 Å². The third-order valence-electron chi connectivity index (χ3n) is 7.19. The Morgan fingerprint density at radius 2 is 1.59 bits per heavy atom. The maximum atomic E-state index is 13.5.